The number of amides is 3. The van der Waals surface area contributed by atoms with Crippen LogP contribution in [0.25, 0.3) is 0 Å². The first-order chi connectivity index (χ1) is 18.2. The number of carbonyl (C=O) groups is 3. The van der Waals surface area contributed by atoms with E-state index in [0.29, 0.717) is 56.3 Å². The predicted octanol–water partition coefficient (Wildman–Crippen LogP) is 4.04. The molecule has 2 aliphatic heterocycles. The zero-order valence-electron chi connectivity index (χ0n) is 22.7. The van der Waals surface area contributed by atoms with Crippen LogP contribution in [0.1, 0.15) is 72.2 Å². The van der Waals surface area contributed by atoms with Gasteiger partial charge in [0.1, 0.15) is 5.60 Å². The Labute approximate surface area is 225 Å². The average molecular weight is 521 g/mol. The number of hydrogen-bond donors (Lipinski definition) is 2. The summed E-state index contributed by atoms with van der Waals surface area (Å²) in [5.41, 5.74) is 2.08. The average Bonchev–Trinajstić information content (AvgIpc) is 3.13. The van der Waals surface area contributed by atoms with Gasteiger partial charge in [0.2, 0.25) is 0 Å². The molecule has 2 fully saturated rings. The van der Waals surface area contributed by atoms with E-state index in [1.165, 1.54) is 5.56 Å². The fourth-order valence-corrected chi connectivity index (χ4v) is 4.94. The van der Waals surface area contributed by atoms with Gasteiger partial charge in [-0.2, -0.15) is 0 Å². The minimum Gasteiger partial charge on any atom is -0.444 e. The van der Waals surface area contributed by atoms with Crippen molar-refractivity contribution in [2.45, 2.75) is 57.6 Å². The molecule has 0 bridgehead atoms. The van der Waals surface area contributed by atoms with Gasteiger partial charge < -0.3 is 25.2 Å². The molecule has 8 nitrogen and oxygen atoms in total. The van der Waals surface area contributed by atoms with Crippen molar-refractivity contribution in [3.05, 3.63) is 71.3 Å². The molecule has 2 aromatic carbocycles. The zero-order valence-corrected chi connectivity index (χ0v) is 22.7. The van der Waals surface area contributed by atoms with Crippen LogP contribution in [-0.2, 0) is 4.74 Å². The topological polar surface area (TPSA) is 91.0 Å². The van der Waals surface area contributed by atoms with E-state index >= 15 is 0 Å². The maximum absolute atomic E-state index is 12.9. The molecule has 2 aliphatic rings. The molecule has 204 valence electrons. The van der Waals surface area contributed by atoms with Crippen LogP contribution < -0.4 is 10.6 Å². The van der Waals surface area contributed by atoms with Crippen molar-refractivity contribution in [1.82, 2.24) is 20.4 Å². The van der Waals surface area contributed by atoms with Crippen molar-refractivity contribution in [3.63, 3.8) is 0 Å². The van der Waals surface area contributed by atoms with E-state index in [1.54, 1.807) is 12.1 Å². The lowest BCUT2D eigenvalue weighted by Gasteiger charge is -2.40. The molecular weight excluding hydrogens is 480 g/mol. The van der Waals surface area contributed by atoms with Crippen LogP contribution in [0.15, 0.2) is 54.6 Å². The monoisotopic (exact) mass is 520 g/mol. The minimum absolute atomic E-state index is 0.0453. The maximum Gasteiger partial charge on any atom is 0.410 e. The lowest BCUT2D eigenvalue weighted by molar-refractivity contribution is 0.0256. The highest BCUT2D eigenvalue weighted by Crippen LogP contribution is 2.29. The molecule has 2 saturated heterocycles. The number of likely N-dealkylation sites (tertiary alicyclic amines) is 2. The van der Waals surface area contributed by atoms with Crippen molar-refractivity contribution >= 4 is 17.9 Å². The molecular formula is C30H40N4O4. The largest absolute Gasteiger partial charge is 0.444 e. The Bertz CT molecular complexity index is 1090. The van der Waals surface area contributed by atoms with E-state index in [1.807, 2.05) is 60.9 Å². The summed E-state index contributed by atoms with van der Waals surface area (Å²) in [6.07, 6.45) is 2.59. The number of nitrogens with zero attached hydrogens (tertiary/aromatic N) is 2. The van der Waals surface area contributed by atoms with Gasteiger partial charge in [-0.25, -0.2) is 4.79 Å². The molecule has 0 saturated carbocycles. The Morgan fingerprint density at radius 3 is 2.26 bits per heavy atom. The number of ether oxygens (including phenoxy) is 1. The number of carbonyl (C=O) groups excluding carboxylic acids is 3. The summed E-state index contributed by atoms with van der Waals surface area (Å²) in [6, 6.07) is 17.4. The van der Waals surface area contributed by atoms with Crippen molar-refractivity contribution in [2.24, 2.45) is 0 Å². The van der Waals surface area contributed by atoms with Gasteiger partial charge in [0.25, 0.3) is 11.8 Å². The summed E-state index contributed by atoms with van der Waals surface area (Å²) in [6.45, 7) is 9.58. The molecule has 4 rings (SSSR count). The van der Waals surface area contributed by atoms with Crippen LogP contribution in [-0.4, -0.2) is 78.6 Å². The van der Waals surface area contributed by atoms with E-state index < -0.39 is 5.60 Å². The summed E-state index contributed by atoms with van der Waals surface area (Å²) in [4.78, 5) is 41.1. The summed E-state index contributed by atoms with van der Waals surface area (Å²) in [5, 5.41) is 6.31. The van der Waals surface area contributed by atoms with Crippen molar-refractivity contribution in [3.8, 4) is 0 Å². The highest BCUT2D eigenvalue weighted by atomic mass is 16.6. The van der Waals surface area contributed by atoms with E-state index in [0.717, 1.165) is 19.3 Å². The Morgan fingerprint density at radius 2 is 1.58 bits per heavy atom. The number of hydrogen-bond acceptors (Lipinski definition) is 5. The first-order valence-corrected chi connectivity index (χ1v) is 13.6. The predicted molar refractivity (Wildman–Crippen MR) is 147 cm³/mol. The SMILES string of the molecule is CC(C)(C)OC(=O)N1CCCC(c2ccc(C(=O)N3CC(NCCNC(=O)c4ccccc4)C3)cc2)CC1. The number of rotatable bonds is 7. The van der Waals surface area contributed by atoms with Crippen LogP contribution in [0, 0.1) is 0 Å². The third kappa shape index (κ3) is 7.57. The molecule has 0 radical (unpaired) electrons. The minimum atomic E-state index is -0.488. The molecule has 0 spiro atoms. The number of nitrogens with one attached hydrogen (secondary N) is 2. The van der Waals surface area contributed by atoms with Gasteiger partial charge in [0, 0.05) is 56.4 Å². The summed E-state index contributed by atoms with van der Waals surface area (Å²) >= 11 is 0. The maximum atomic E-state index is 12.9. The molecule has 1 atom stereocenters. The standard InChI is InChI=1S/C30H40N4O4/c1-30(2,3)38-29(37)33-18-7-10-22(15-19-33)23-11-13-25(14-12-23)28(36)34-20-26(21-34)31-16-17-32-27(35)24-8-5-4-6-9-24/h4-6,8-9,11-14,22,26,31H,7,10,15-21H2,1-3H3,(H,32,35). The van der Waals surface area contributed by atoms with Crippen molar-refractivity contribution in [1.29, 1.82) is 0 Å². The first kappa shape index (κ1) is 27.6. The molecule has 1 unspecified atom stereocenters. The quantitative estimate of drug-likeness (QED) is 0.538. The molecule has 2 heterocycles. The summed E-state index contributed by atoms with van der Waals surface area (Å²) < 4.78 is 5.54. The van der Waals surface area contributed by atoms with Crippen molar-refractivity contribution in [2.75, 3.05) is 39.3 Å². The molecule has 0 aliphatic carbocycles. The van der Waals surface area contributed by atoms with Crippen LogP contribution in [0.5, 0.6) is 0 Å². The molecule has 3 amide bonds. The lowest BCUT2D eigenvalue weighted by atomic mass is 9.91. The Hall–Kier alpha value is -3.39. The van der Waals surface area contributed by atoms with E-state index in [4.69, 9.17) is 4.74 Å². The van der Waals surface area contributed by atoms with Crippen LogP contribution >= 0.6 is 0 Å². The second-order valence-corrected chi connectivity index (χ2v) is 11.2. The molecule has 0 aromatic heterocycles. The highest BCUT2D eigenvalue weighted by molar-refractivity contribution is 5.95. The second kappa shape index (κ2) is 12.4. The Morgan fingerprint density at radius 1 is 0.868 bits per heavy atom. The van der Waals surface area contributed by atoms with Gasteiger partial charge in [-0.15, -0.1) is 0 Å². The van der Waals surface area contributed by atoms with Crippen LogP contribution in [0.4, 0.5) is 4.79 Å². The van der Waals surface area contributed by atoms with Crippen LogP contribution in [0.3, 0.4) is 0 Å². The molecule has 2 aromatic rings. The van der Waals surface area contributed by atoms with Gasteiger partial charge in [0.05, 0.1) is 0 Å². The third-order valence-electron chi connectivity index (χ3n) is 7.06. The Kier molecular flexibility index (Phi) is 9.05. The first-order valence-electron chi connectivity index (χ1n) is 13.6. The van der Waals surface area contributed by atoms with Gasteiger partial charge in [-0.1, -0.05) is 30.3 Å². The fraction of sp³-hybridized carbons (Fsp3) is 0.500. The molecule has 38 heavy (non-hydrogen) atoms. The molecule has 8 heteroatoms. The van der Waals surface area contributed by atoms with E-state index in [2.05, 4.69) is 22.8 Å². The van der Waals surface area contributed by atoms with Gasteiger partial charge >= 0.3 is 6.09 Å². The molecule has 2 N–H and O–H groups in total. The van der Waals surface area contributed by atoms with Crippen molar-refractivity contribution < 1.29 is 19.1 Å². The fourth-order valence-electron chi connectivity index (χ4n) is 4.94. The zero-order chi connectivity index (χ0) is 27.1. The van der Waals surface area contributed by atoms with E-state index in [-0.39, 0.29) is 23.9 Å². The Balaban J connectivity index is 1.17. The third-order valence-corrected chi connectivity index (χ3v) is 7.06. The van der Waals surface area contributed by atoms with Gasteiger partial charge in [-0.05, 0) is 75.8 Å². The van der Waals surface area contributed by atoms with E-state index in [9.17, 15) is 14.4 Å². The highest BCUT2D eigenvalue weighted by Gasteiger charge is 2.31. The van der Waals surface area contributed by atoms with Gasteiger partial charge in [-0.3, -0.25) is 9.59 Å². The second-order valence-electron chi connectivity index (χ2n) is 11.2. The van der Waals surface area contributed by atoms with Crippen LogP contribution in [0.2, 0.25) is 0 Å². The smallest absolute Gasteiger partial charge is 0.410 e. The van der Waals surface area contributed by atoms with Gasteiger partial charge in [0.15, 0.2) is 0 Å². The summed E-state index contributed by atoms with van der Waals surface area (Å²) in [5.74, 6) is 0.334. The lowest BCUT2D eigenvalue weighted by Crippen LogP contribution is -2.60. The summed E-state index contributed by atoms with van der Waals surface area (Å²) in [7, 11) is 0. The number of benzene rings is 2. The normalized spacial score (nSPS) is 18.3.